The van der Waals surface area contributed by atoms with Gasteiger partial charge in [-0.25, -0.2) is 9.59 Å². The standard InChI is InChI=1S/C33H44O14/c1-8-14(2)24(37)45-17-12-16(34)28(3)21(19(35)25(38)41-6)29(4,23(36)20-22(28)31(17,13-44-20)26(39)42-7)33-18-11-15(30(33,5)47-33)32(40)9-10-43-27(32)46-18/h8-10,15-23,27,34-36,40H,11-13H2,1-7H3/b14-8+/t15-,16+,17-,18+,19+,20-,21-,22-,23-,27-,28-,29+,30+,31+,32+,33+/m1/s1. The molecule has 14 heteroatoms. The van der Waals surface area contributed by atoms with Gasteiger partial charge in [0.05, 0.1) is 51.5 Å². The summed E-state index contributed by atoms with van der Waals surface area (Å²) in [6, 6.07) is 0. The van der Waals surface area contributed by atoms with Gasteiger partial charge in [0.1, 0.15) is 22.7 Å². The molecule has 2 bridgehead atoms. The molecule has 7 rings (SSSR count). The Bertz CT molecular complexity index is 1460. The number of hydrogen-bond acceptors (Lipinski definition) is 14. The fourth-order valence-electron chi connectivity index (χ4n) is 11.4. The molecule has 3 saturated heterocycles. The molecule has 0 amide bonds. The van der Waals surface area contributed by atoms with Crippen LogP contribution in [0.15, 0.2) is 24.0 Å². The van der Waals surface area contributed by atoms with Gasteiger partial charge in [-0.15, -0.1) is 0 Å². The second-order valence-electron chi connectivity index (χ2n) is 15.0. The fourth-order valence-corrected chi connectivity index (χ4v) is 11.4. The predicted octanol–water partition coefficient (Wildman–Crippen LogP) is -0.112. The van der Waals surface area contributed by atoms with Crippen LogP contribution in [-0.2, 0) is 47.5 Å². The lowest BCUT2D eigenvalue weighted by atomic mass is 9.37. The number of methoxy groups -OCH3 is 2. The number of esters is 3. The SMILES string of the molecule is C/C=C(\C)C(=O)O[C@@H]1C[C@H](O)[C@]2(C)[C@@H]([C@H](O)C(=O)OC)[C@](C)([C@]34O[C@@]3(C)[C@H]3C[C@@H]4O[C@H]4OC=C[C@@]43O)[C@H](O)[C@@H]3OC[C@@]1(C(=O)OC)[C@H]32. The van der Waals surface area contributed by atoms with E-state index in [1.165, 1.54) is 19.4 Å². The summed E-state index contributed by atoms with van der Waals surface area (Å²) in [7, 11) is 2.30. The number of hydrogen-bond donors (Lipinski definition) is 4. The van der Waals surface area contributed by atoms with Crippen molar-refractivity contribution in [1.82, 2.24) is 0 Å². The van der Waals surface area contributed by atoms with E-state index in [0.717, 1.165) is 7.11 Å². The Morgan fingerprint density at radius 3 is 2.43 bits per heavy atom. The maximum absolute atomic E-state index is 14.0. The van der Waals surface area contributed by atoms with E-state index in [2.05, 4.69) is 0 Å². The summed E-state index contributed by atoms with van der Waals surface area (Å²) in [6.07, 6.45) is -4.66. The Kier molecular flexibility index (Phi) is 7.00. The van der Waals surface area contributed by atoms with E-state index in [-0.39, 0.29) is 18.6 Å². The lowest BCUT2D eigenvalue weighted by Crippen LogP contribution is -2.78. The van der Waals surface area contributed by atoms with Crippen LogP contribution in [0.3, 0.4) is 0 Å². The predicted molar refractivity (Wildman–Crippen MR) is 156 cm³/mol. The smallest absolute Gasteiger partial charge is 0.335 e. The van der Waals surface area contributed by atoms with Crippen molar-refractivity contribution in [2.24, 2.45) is 34.0 Å². The molecule has 47 heavy (non-hydrogen) atoms. The average Bonchev–Trinajstić information content (AvgIpc) is 3.30. The highest BCUT2D eigenvalue weighted by atomic mass is 16.7. The van der Waals surface area contributed by atoms with Gasteiger partial charge in [-0.2, -0.15) is 0 Å². The number of carbonyl (C=O) groups is 3. The summed E-state index contributed by atoms with van der Waals surface area (Å²) in [6.45, 7) is 7.98. The second kappa shape index (κ2) is 9.99. The van der Waals surface area contributed by atoms with Crippen molar-refractivity contribution in [1.29, 1.82) is 0 Å². The molecule has 0 aromatic heterocycles. The third-order valence-electron chi connectivity index (χ3n) is 13.6. The maximum Gasteiger partial charge on any atom is 0.335 e. The molecule has 0 radical (unpaired) electrons. The third-order valence-corrected chi connectivity index (χ3v) is 13.6. The molecule has 0 unspecified atom stereocenters. The number of ether oxygens (including phenoxy) is 7. The molecule has 4 heterocycles. The fraction of sp³-hybridized carbons (Fsp3) is 0.788. The minimum Gasteiger partial charge on any atom is -0.469 e. The molecular formula is C33H44O14. The Morgan fingerprint density at radius 2 is 1.79 bits per heavy atom. The van der Waals surface area contributed by atoms with E-state index in [1.807, 2.05) is 0 Å². The highest BCUT2D eigenvalue weighted by molar-refractivity contribution is 5.88. The van der Waals surface area contributed by atoms with Crippen molar-refractivity contribution in [3.8, 4) is 0 Å². The van der Waals surface area contributed by atoms with Crippen molar-refractivity contribution in [2.45, 2.75) is 107 Å². The molecule has 4 N–H and O–H groups in total. The Morgan fingerprint density at radius 1 is 1.09 bits per heavy atom. The van der Waals surface area contributed by atoms with E-state index in [4.69, 9.17) is 33.2 Å². The molecule has 6 fully saturated rings. The molecule has 3 saturated carbocycles. The van der Waals surface area contributed by atoms with Crippen molar-refractivity contribution < 1.29 is 68.0 Å². The van der Waals surface area contributed by atoms with Crippen LogP contribution in [0.5, 0.6) is 0 Å². The molecular weight excluding hydrogens is 620 g/mol. The molecule has 0 aromatic rings. The number of rotatable bonds is 6. The molecule has 4 aliphatic heterocycles. The van der Waals surface area contributed by atoms with Crippen LogP contribution in [0.2, 0.25) is 0 Å². The molecule has 16 atom stereocenters. The lowest BCUT2D eigenvalue weighted by Gasteiger charge is -2.67. The summed E-state index contributed by atoms with van der Waals surface area (Å²) in [5.74, 6) is -5.56. The topological polar surface area (TPSA) is 200 Å². The Hall–Kier alpha value is -2.59. The van der Waals surface area contributed by atoms with Crippen LogP contribution in [-0.4, -0.2) is 119 Å². The minimum atomic E-state index is -1.94. The first-order valence-electron chi connectivity index (χ1n) is 16.1. The highest BCUT2D eigenvalue weighted by Gasteiger charge is 2.94. The van der Waals surface area contributed by atoms with Gasteiger partial charge in [0.25, 0.3) is 0 Å². The molecule has 14 nitrogen and oxygen atoms in total. The molecule has 7 aliphatic rings. The van der Waals surface area contributed by atoms with Crippen molar-refractivity contribution in [3.05, 3.63) is 24.0 Å². The molecule has 0 aromatic carbocycles. The largest absolute Gasteiger partial charge is 0.469 e. The third kappa shape index (κ3) is 3.47. The highest BCUT2D eigenvalue weighted by Crippen LogP contribution is 2.81. The zero-order valence-corrected chi connectivity index (χ0v) is 27.5. The van der Waals surface area contributed by atoms with E-state index in [0.29, 0.717) is 6.42 Å². The summed E-state index contributed by atoms with van der Waals surface area (Å²) in [5.41, 5.74) is -8.80. The number of allylic oxidation sites excluding steroid dienone is 1. The van der Waals surface area contributed by atoms with E-state index >= 15 is 0 Å². The van der Waals surface area contributed by atoms with Crippen LogP contribution < -0.4 is 0 Å². The Labute approximate surface area is 271 Å². The molecule has 3 aliphatic carbocycles. The number of carbonyl (C=O) groups excluding carboxylic acids is 3. The van der Waals surface area contributed by atoms with Crippen molar-refractivity contribution in [2.75, 3.05) is 20.8 Å². The average molecular weight is 665 g/mol. The summed E-state index contributed by atoms with van der Waals surface area (Å²) < 4.78 is 41.2. The van der Waals surface area contributed by atoms with Crippen molar-refractivity contribution >= 4 is 17.9 Å². The van der Waals surface area contributed by atoms with E-state index < -0.39 is 112 Å². The maximum atomic E-state index is 14.0. The number of fused-ring (bicyclic) bond motifs is 7. The molecule has 260 valence electrons. The van der Waals surface area contributed by atoms with Gasteiger partial charge in [-0.3, -0.25) is 4.79 Å². The van der Waals surface area contributed by atoms with Gasteiger partial charge in [0.15, 0.2) is 11.7 Å². The monoisotopic (exact) mass is 664 g/mol. The van der Waals surface area contributed by atoms with Crippen molar-refractivity contribution in [3.63, 3.8) is 0 Å². The number of aliphatic hydroxyl groups excluding tert-OH is 3. The zero-order chi connectivity index (χ0) is 34.3. The quantitative estimate of drug-likeness (QED) is 0.127. The van der Waals surface area contributed by atoms with Crippen LogP contribution in [0.4, 0.5) is 0 Å². The van der Waals surface area contributed by atoms with Gasteiger partial charge in [0, 0.05) is 40.6 Å². The van der Waals surface area contributed by atoms with Crippen LogP contribution in [0.1, 0.15) is 47.5 Å². The van der Waals surface area contributed by atoms with Crippen LogP contribution in [0, 0.1) is 34.0 Å². The van der Waals surface area contributed by atoms with Gasteiger partial charge < -0.3 is 53.6 Å². The van der Waals surface area contributed by atoms with E-state index in [9.17, 15) is 34.8 Å². The van der Waals surface area contributed by atoms with Crippen LogP contribution in [0.25, 0.3) is 0 Å². The second-order valence-corrected chi connectivity index (χ2v) is 15.0. The summed E-state index contributed by atoms with van der Waals surface area (Å²) in [5, 5.41) is 48.6. The number of epoxide rings is 1. The first-order valence-corrected chi connectivity index (χ1v) is 16.1. The normalized spacial score (nSPS) is 54.0. The number of aliphatic hydroxyl groups is 4. The summed E-state index contributed by atoms with van der Waals surface area (Å²) >= 11 is 0. The van der Waals surface area contributed by atoms with Gasteiger partial charge >= 0.3 is 17.9 Å². The van der Waals surface area contributed by atoms with Gasteiger partial charge in [-0.1, -0.05) is 19.9 Å². The first-order chi connectivity index (χ1) is 22.0. The van der Waals surface area contributed by atoms with Crippen LogP contribution >= 0.6 is 0 Å². The van der Waals surface area contributed by atoms with Gasteiger partial charge in [0.2, 0.25) is 6.29 Å². The molecule has 0 spiro atoms. The summed E-state index contributed by atoms with van der Waals surface area (Å²) in [4.78, 5) is 40.4. The first kappa shape index (κ1) is 32.9. The lowest BCUT2D eigenvalue weighted by molar-refractivity contribution is -0.308. The zero-order valence-electron chi connectivity index (χ0n) is 27.5. The Balaban J connectivity index is 1.42. The minimum absolute atomic E-state index is 0.272. The van der Waals surface area contributed by atoms with Gasteiger partial charge in [-0.05, 0) is 33.3 Å². The van der Waals surface area contributed by atoms with E-state index in [1.54, 1.807) is 40.7 Å².